The van der Waals surface area contributed by atoms with Gasteiger partial charge in [-0.1, -0.05) is 5.92 Å². The summed E-state index contributed by atoms with van der Waals surface area (Å²) in [5, 5.41) is 0.809. The Bertz CT molecular complexity index is 2030. The number of ether oxygens (including phenoxy) is 2. The van der Waals surface area contributed by atoms with Crippen molar-refractivity contribution in [3.63, 3.8) is 0 Å². The number of anilines is 2. The predicted molar refractivity (Wildman–Crippen MR) is 170 cm³/mol. The van der Waals surface area contributed by atoms with E-state index in [1.54, 1.807) is 0 Å². The summed E-state index contributed by atoms with van der Waals surface area (Å²) in [5.41, 5.74) is 6.92. The van der Waals surface area contributed by atoms with E-state index in [1.807, 2.05) is 0 Å². The molecular weight excluding hydrogens is 612 g/mol. The molecule has 0 unspecified atom stereocenters. The number of benzene rings is 2. The molecule has 12 heteroatoms. The highest BCUT2D eigenvalue weighted by atomic mass is 19.2. The Hall–Kier alpha value is -4.47. The molecule has 8 rings (SSSR count). The predicted octanol–water partition coefficient (Wildman–Crippen LogP) is 5.84. The number of aryl methyl sites for hydroxylation is 1. The summed E-state index contributed by atoms with van der Waals surface area (Å²) in [6.45, 7) is 3.30. The Labute approximate surface area is 268 Å². The van der Waals surface area contributed by atoms with Crippen LogP contribution in [0.15, 0.2) is 30.1 Å². The van der Waals surface area contributed by atoms with Crippen LogP contribution in [0.5, 0.6) is 6.01 Å². The van der Waals surface area contributed by atoms with Crippen LogP contribution < -0.4 is 15.4 Å². The average molecular weight is 645 g/mol. The molecule has 4 aliphatic heterocycles. The second-order valence-corrected chi connectivity index (χ2v) is 12.9. The van der Waals surface area contributed by atoms with Crippen molar-refractivity contribution in [2.45, 2.75) is 50.1 Å². The molecule has 0 bridgehead atoms. The third-order valence-corrected chi connectivity index (χ3v) is 10.1. The molecule has 0 saturated carbocycles. The first-order valence-electron chi connectivity index (χ1n) is 15.9. The van der Waals surface area contributed by atoms with Gasteiger partial charge in [0.2, 0.25) is 0 Å². The van der Waals surface area contributed by atoms with E-state index in [0.717, 1.165) is 37.4 Å². The van der Waals surface area contributed by atoms with E-state index in [4.69, 9.17) is 31.6 Å². The van der Waals surface area contributed by atoms with E-state index in [-0.39, 0.29) is 63.0 Å². The number of rotatable bonds is 4. The normalized spacial score (nSPS) is 23.5. The van der Waals surface area contributed by atoms with E-state index in [0.29, 0.717) is 68.8 Å². The zero-order chi connectivity index (χ0) is 32.4. The maximum atomic E-state index is 17.1. The van der Waals surface area contributed by atoms with Crippen molar-refractivity contribution >= 4 is 33.2 Å². The molecule has 0 amide bonds. The Morgan fingerprint density at radius 2 is 1.98 bits per heavy atom. The lowest BCUT2D eigenvalue weighted by molar-refractivity contribution is 0.108. The second-order valence-electron chi connectivity index (χ2n) is 12.9. The van der Waals surface area contributed by atoms with Crippen LogP contribution in [0.4, 0.5) is 29.1 Å². The number of fused-ring (bicyclic) bond motifs is 4. The van der Waals surface area contributed by atoms with Gasteiger partial charge in [-0.2, -0.15) is 9.97 Å². The van der Waals surface area contributed by atoms with Crippen molar-refractivity contribution in [3.05, 3.63) is 58.8 Å². The molecular formula is C35H32F4N6O2. The molecule has 3 fully saturated rings. The van der Waals surface area contributed by atoms with E-state index < -0.39 is 17.5 Å². The van der Waals surface area contributed by atoms with Crippen LogP contribution in [-0.2, 0) is 11.2 Å². The van der Waals surface area contributed by atoms with Crippen LogP contribution in [0.2, 0.25) is 0 Å². The van der Waals surface area contributed by atoms with Crippen molar-refractivity contribution in [1.29, 1.82) is 0 Å². The van der Waals surface area contributed by atoms with Crippen molar-refractivity contribution in [2.24, 2.45) is 0 Å². The highest BCUT2D eigenvalue weighted by molar-refractivity contribution is 6.04. The summed E-state index contributed by atoms with van der Waals surface area (Å²) in [4.78, 5) is 18.7. The summed E-state index contributed by atoms with van der Waals surface area (Å²) >= 11 is 0. The molecule has 4 aliphatic rings. The molecule has 2 aromatic carbocycles. The number of nitrogens with two attached hydrogens (primary N) is 1. The smallest absolute Gasteiger partial charge is 0.319 e. The third-order valence-electron chi connectivity index (χ3n) is 10.1. The largest absolute Gasteiger partial charge is 0.461 e. The fraction of sp³-hybridized carbons (Fsp3) is 0.400. The van der Waals surface area contributed by atoms with E-state index in [1.165, 1.54) is 12.1 Å². The summed E-state index contributed by atoms with van der Waals surface area (Å²) in [6, 6.07) is 3.87. The van der Waals surface area contributed by atoms with Crippen LogP contribution in [0.25, 0.3) is 32.9 Å². The molecule has 2 aromatic heterocycles. The molecule has 8 nitrogen and oxygen atoms in total. The Morgan fingerprint density at radius 3 is 2.81 bits per heavy atom. The summed E-state index contributed by atoms with van der Waals surface area (Å²) in [7, 11) is 0. The zero-order valence-electron chi connectivity index (χ0n) is 25.6. The minimum absolute atomic E-state index is 0.00548. The molecule has 2 N–H and O–H groups in total. The van der Waals surface area contributed by atoms with Gasteiger partial charge in [-0.25, -0.2) is 22.5 Å². The lowest BCUT2D eigenvalue weighted by Gasteiger charge is -2.31. The minimum atomic E-state index is -1.21. The van der Waals surface area contributed by atoms with Gasteiger partial charge >= 0.3 is 6.01 Å². The zero-order valence-corrected chi connectivity index (χ0v) is 25.6. The van der Waals surface area contributed by atoms with Crippen molar-refractivity contribution in [1.82, 2.24) is 19.9 Å². The maximum Gasteiger partial charge on any atom is 0.319 e. The summed E-state index contributed by atoms with van der Waals surface area (Å²) < 4.78 is 72.3. The van der Waals surface area contributed by atoms with Gasteiger partial charge in [0.25, 0.3) is 0 Å². The van der Waals surface area contributed by atoms with Crippen molar-refractivity contribution in [3.8, 4) is 29.6 Å². The third kappa shape index (κ3) is 4.78. The Morgan fingerprint density at radius 1 is 1.11 bits per heavy atom. The number of pyridine rings is 1. The van der Waals surface area contributed by atoms with Crippen LogP contribution >= 0.6 is 0 Å². The molecule has 0 spiro atoms. The highest BCUT2D eigenvalue weighted by Crippen LogP contribution is 2.44. The number of nitrogens with zero attached hydrogens (tertiary/aromatic N) is 5. The lowest BCUT2D eigenvalue weighted by Crippen LogP contribution is -2.43. The van der Waals surface area contributed by atoms with Gasteiger partial charge in [-0.05, 0) is 74.2 Å². The number of halogens is 4. The van der Waals surface area contributed by atoms with Gasteiger partial charge in [-0.3, -0.25) is 4.90 Å². The topological polar surface area (TPSA) is 89.6 Å². The van der Waals surface area contributed by atoms with Crippen LogP contribution in [0.1, 0.15) is 43.4 Å². The number of nitrogen functional groups attached to an aromatic ring is 1. The van der Waals surface area contributed by atoms with Crippen LogP contribution in [0, 0.1) is 29.8 Å². The van der Waals surface area contributed by atoms with Gasteiger partial charge in [-0.15, -0.1) is 6.42 Å². The van der Waals surface area contributed by atoms with Crippen molar-refractivity contribution < 1.29 is 27.0 Å². The highest BCUT2D eigenvalue weighted by Gasteiger charge is 2.47. The summed E-state index contributed by atoms with van der Waals surface area (Å²) in [6.07, 6.45) is 10.6. The quantitative estimate of drug-likeness (QED) is 0.169. The first kappa shape index (κ1) is 29.9. The molecule has 3 saturated heterocycles. The molecule has 4 aromatic rings. The second kappa shape index (κ2) is 11.3. The monoisotopic (exact) mass is 644 g/mol. The fourth-order valence-electron chi connectivity index (χ4n) is 7.97. The molecule has 242 valence electrons. The van der Waals surface area contributed by atoms with Gasteiger partial charge < -0.3 is 20.1 Å². The lowest BCUT2D eigenvalue weighted by atomic mass is 9.94. The Kier molecular flexibility index (Phi) is 7.22. The van der Waals surface area contributed by atoms with Gasteiger partial charge in [0.15, 0.2) is 17.5 Å². The standard InChI is InChI=1S/C35H32F4N6O2/c1-2-23-27-20(12-25(37)29(23)38)11-21(40)13-24(27)31-30(39)32-28-26(41-31)6-5-22-17-46-10-4-9-45(22)33(28)43-34(42-32)47-18-35-7-3-8-44(35)16-19(14-35)15-36/h1,11-13,15,22H,3-10,14,16-18,40H2/b19-15-/t22-,35-/m0/s1. The molecule has 0 aliphatic carbocycles. The van der Waals surface area contributed by atoms with Crippen molar-refractivity contribution in [2.75, 3.05) is 50.1 Å². The SMILES string of the molecule is C#Cc1c(F)c(F)cc2cc(N)cc(-c3nc4c5c(nc(OC[C@@]67CCCN6C/C(=C\F)C7)nc5c3F)N3CCCOC[C@@H]3CC4)c12. The number of terminal acetylenes is 1. The minimum Gasteiger partial charge on any atom is -0.461 e. The van der Waals surface area contributed by atoms with Gasteiger partial charge in [0, 0.05) is 36.3 Å². The van der Waals surface area contributed by atoms with E-state index >= 15 is 8.78 Å². The Balaban J connectivity index is 1.33. The molecule has 2 atom stereocenters. The summed E-state index contributed by atoms with van der Waals surface area (Å²) in [5.74, 6) is -0.382. The first-order chi connectivity index (χ1) is 22.8. The number of aromatic nitrogens is 3. The molecule has 6 heterocycles. The maximum absolute atomic E-state index is 17.1. The van der Waals surface area contributed by atoms with E-state index in [2.05, 4.69) is 20.7 Å². The number of hydrogen-bond donors (Lipinski definition) is 1. The molecule has 47 heavy (non-hydrogen) atoms. The van der Waals surface area contributed by atoms with Crippen LogP contribution in [-0.4, -0.2) is 70.9 Å². The van der Waals surface area contributed by atoms with E-state index in [9.17, 15) is 8.78 Å². The first-order valence-corrected chi connectivity index (χ1v) is 15.9. The molecule has 0 radical (unpaired) electrons. The average Bonchev–Trinajstić information content (AvgIpc) is 3.46. The van der Waals surface area contributed by atoms with Gasteiger partial charge in [0.05, 0.1) is 41.2 Å². The fourth-order valence-corrected chi connectivity index (χ4v) is 7.97. The van der Waals surface area contributed by atoms with Crippen LogP contribution in [0.3, 0.4) is 0 Å². The number of hydrogen-bond acceptors (Lipinski definition) is 8. The van der Waals surface area contributed by atoms with Gasteiger partial charge in [0.1, 0.15) is 23.6 Å².